The Hall–Kier alpha value is -2.15. The molecule has 0 aromatic heterocycles. The molecule has 2 rings (SSSR count). The van der Waals surface area contributed by atoms with E-state index in [4.69, 9.17) is 0 Å². The maximum atomic E-state index is 11.1. The van der Waals surface area contributed by atoms with Crippen molar-refractivity contribution in [1.29, 1.82) is 0 Å². The van der Waals surface area contributed by atoms with Gasteiger partial charge in [-0.3, -0.25) is 0 Å². The van der Waals surface area contributed by atoms with Gasteiger partial charge in [0.1, 0.15) is 6.29 Å². The number of hydrogen-bond donors (Lipinski definition) is 0. The van der Waals surface area contributed by atoms with Gasteiger partial charge >= 0.3 is 0 Å². The molecular weight excluding hydrogens is 244 g/mol. The van der Waals surface area contributed by atoms with Crippen molar-refractivity contribution in [3.63, 3.8) is 0 Å². The van der Waals surface area contributed by atoms with Gasteiger partial charge in [0.2, 0.25) is 0 Å². The van der Waals surface area contributed by atoms with Crippen molar-refractivity contribution < 1.29 is 4.79 Å². The molecule has 0 saturated heterocycles. The van der Waals surface area contributed by atoms with Gasteiger partial charge in [0.15, 0.2) is 0 Å². The highest BCUT2D eigenvalue weighted by Crippen LogP contribution is 2.30. The zero-order chi connectivity index (χ0) is 14.7. The normalized spacial score (nSPS) is 11.9. The molecule has 1 unspecified atom stereocenters. The Bertz CT molecular complexity index is 653. The number of carbonyl (C=O) groups excluding carboxylic acids is 1. The van der Waals surface area contributed by atoms with E-state index >= 15 is 0 Å². The summed E-state index contributed by atoms with van der Waals surface area (Å²) < 4.78 is 0. The van der Waals surface area contributed by atoms with Crippen LogP contribution in [0.2, 0.25) is 0 Å². The van der Waals surface area contributed by atoms with Crippen LogP contribution < -0.4 is 0 Å². The van der Waals surface area contributed by atoms with Gasteiger partial charge in [0, 0.05) is 5.92 Å². The minimum Gasteiger partial charge on any atom is -0.303 e. The summed E-state index contributed by atoms with van der Waals surface area (Å²) >= 11 is 0. The second-order valence-electron chi connectivity index (χ2n) is 5.31. The molecule has 0 amide bonds. The van der Waals surface area contributed by atoms with E-state index in [2.05, 4.69) is 38.6 Å². The van der Waals surface area contributed by atoms with Gasteiger partial charge in [-0.2, -0.15) is 0 Å². The van der Waals surface area contributed by atoms with Crippen molar-refractivity contribution >= 4 is 11.9 Å². The Kier molecular flexibility index (Phi) is 4.19. The number of aryl methyl sites for hydroxylation is 2. The first-order valence-electron chi connectivity index (χ1n) is 6.85. The Morgan fingerprint density at radius 1 is 1.10 bits per heavy atom. The average molecular weight is 264 g/mol. The molecule has 0 fully saturated rings. The van der Waals surface area contributed by atoms with Crippen LogP contribution in [0.15, 0.2) is 49.0 Å². The smallest absolute Gasteiger partial charge is 0.127 e. The Morgan fingerprint density at radius 3 is 2.45 bits per heavy atom. The van der Waals surface area contributed by atoms with Crippen molar-refractivity contribution in [3.05, 3.63) is 76.9 Å². The molecule has 0 radical (unpaired) electrons. The van der Waals surface area contributed by atoms with Crippen LogP contribution in [0.4, 0.5) is 0 Å². The summed E-state index contributed by atoms with van der Waals surface area (Å²) in [5.41, 5.74) is 6.66. The Morgan fingerprint density at radius 2 is 1.80 bits per heavy atom. The van der Waals surface area contributed by atoms with Gasteiger partial charge in [-0.25, -0.2) is 0 Å². The maximum Gasteiger partial charge on any atom is 0.127 e. The average Bonchev–Trinajstić information content (AvgIpc) is 2.46. The summed E-state index contributed by atoms with van der Waals surface area (Å²) in [7, 11) is 0. The van der Waals surface area contributed by atoms with Crippen molar-refractivity contribution in [2.75, 3.05) is 0 Å². The zero-order valence-corrected chi connectivity index (χ0v) is 12.3. The summed E-state index contributed by atoms with van der Waals surface area (Å²) in [6.45, 7) is 10.3. The fourth-order valence-corrected chi connectivity index (χ4v) is 2.54. The predicted molar refractivity (Wildman–Crippen MR) is 85.0 cm³/mol. The molecule has 102 valence electrons. The molecule has 0 heterocycles. The fraction of sp³-hybridized carbons (Fsp3) is 0.211. The van der Waals surface area contributed by atoms with Gasteiger partial charge in [-0.05, 0) is 41.7 Å². The van der Waals surface area contributed by atoms with Crippen LogP contribution in [0.3, 0.4) is 0 Å². The number of carbonyl (C=O) groups is 1. The molecule has 20 heavy (non-hydrogen) atoms. The van der Waals surface area contributed by atoms with E-state index in [1.165, 1.54) is 11.1 Å². The van der Waals surface area contributed by atoms with E-state index in [0.29, 0.717) is 0 Å². The largest absolute Gasteiger partial charge is 0.303 e. The lowest BCUT2D eigenvalue weighted by molar-refractivity contribution is -0.108. The number of hydrogen-bond acceptors (Lipinski definition) is 1. The summed E-state index contributed by atoms with van der Waals surface area (Å²) in [5, 5.41) is 0. The molecule has 2 aromatic carbocycles. The van der Waals surface area contributed by atoms with Gasteiger partial charge in [0.05, 0.1) is 0 Å². The van der Waals surface area contributed by atoms with Gasteiger partial charge in [-0.15, -0.1) is 0 Å². The summed E-state index contributed by atoms with van der Waals surface area (Å²) in [6.07, 6.45) is 0.980. The van der Waals surface area contributed by atoms with Crippen molar-refractivity contribution in [2.24, 2.45) is 0 Å². The second kappa shape index (κ2) is 5.87. The van der Waals surface area contributed by atoms with E-state index < -0.39 is 0 Å². The summed E-state index contributed by atoms with van der Waals surface area (Å²) in [5.74, 6) is -0.117. The van der Waals surface area contributed by atoms with E-state index in [1.807, 2.05) is 31.2 Å². The first-order valence-corrected chi connectivity index (χ1v) is 6.85. The van der Waals surface area contributed by atoms with E-state index in [9.17, 15) is 4.79 Å². The quantitative estimate of drug-likeness (QED) is 0.733. The minimum absolute atomic E-state index is 0.117. The lowest BCUT2D eigenvalue weighted by atomic mass is 9.88. The number of benzene rings is 2. The van der Waals surface area contributed by atoms with Crippen molar-refractivity contribution in [2.45, 2.75) is 26.7 Å². The molecule has 1 atom stereocenters. The molecular formula is C19H20O. The highest BCUT2D eigenvalue weighted by Gasteiger charge is 2.13. The zero-order valence-electron chi connectivity index (χ0n) is 12.3. The topological polar surface area (TPSA) is 17.1 Å². The summed E-state index contributed by atoms with van der Waals surface area (Å²) in [6, 6.07) is 14.4. The molecule has 1 nitrogen and oxygen atoms in total. The van der Waals surface area contributed by atoms with Crippen LogP contribution in [0.5, 0.6) is 0 Å². The Balaban J connectivity index is 2.51. The third-order valence-electron chi connectivity index (χ3n) is 3.69. The third-order valence-corrected chi connectivity index (χ3v) is 3.69. The minimum atomic E-state index is -0.117. The van der Waals surface area contributed by atoms with E-state index in [1.54, 1.807) is 0 Å². The molecule has 0 aliphatic rings. The van der Waals surface area contributed by atoms with Crippen LogP contribution >= 0.6 is 0 Å². The molecule has 0 bridgehead atoms. The lowest BCUT2D eigenvalue weighted by Gasteiger charge is -2.16. The Labute approximate surface area is 121 Å². The monoisotopic (exact) mass is 264 g/mol. The van der Waals surface area contributed by atoms with Crippen molar-refractivity contribution in [1.82, 2.24) is 0 Å². The van der Waals surface area contributed by atoms with Crippen LogP contribution in [-0.2, 0) is 4.79 Å². The molecule has 0 aliphatic heterocycles. The maximum absolute atomic E-state index is 11.1. The second-order valence-corrected chi connectivity index (χ2v) is 5.31. The molecule has 0 aliphatic carbocycles. The molecule has 1 heteroatoms. The van der Waals surface area contributed by atoms with Gasteiger partial charge in [-0.1, -0.05) is 61.5 Å². The SMILES string of the molecule is C=C(c1ccc(C)cc1C)c1ccccc1C(C)C=O. The standard InChI is InChI=1S/C19H20O/c1-13-9-10-17(14(2)11-13)16(4)19-8-6-5-7-18(19)15(3)12-20/h5-12,15H,4H2,1-3H3. The van der Waals surface area contributed by atoms with Crippen LogP contribution in [0.1, 0.15) is 40.7 Å². The van der Waals surface area contributed by atoms with E-state index in [-0.39, 0.29) is 5.92 Å². The van der Waals surface area contributed by atoms with Gasteiger partial charge < -0.3 is 4.79 Å². The predicted octanol–water partition coefficient (Wildman–Crippen LogP) is 4.67. The fourth-order valence-electron chi connectivity index (χ4n) is 2.54. The highest BCUT2D eigenvalue weighted by molar-refractivity contribution is 5.83. The van der Waals surface area contributed by atoms with Gasteiger partial charge in [0.25, 0.3) is 0 Å². The molecule has 0 saturated carbocycles. The van der Waals surface area contributed by atoms with E-state index in [0.717, 1.165) is 28.5 Å². The van der Waals surface area contributed by atoms with Crippen LogP contribution in [0.25, 0.3) is 5.57 Å². The van der Waals surface area contributed by atoms with Crippen molar-refractivity contribution in [3.8, 4) is 0 Å². The number of rotatable bonds is 4. The first kappa shape index (κ1) is 14.3. The van der Waals surface area contributed by atoms with Crippen LogP contribution in [-0.4, -0.2) is 6.29 Å². The molecule has 0 N–H and O–H groups in total. The lowest BCUT2D eigenvalue weighted by Crippen LogP contribution is -2.01. The third kappa shape index (κ3) is 2.72. The molecule has 0 spiro atoms. The molecule has 2 aromatic rings. The highest BCUT2D eigenvalue weighted by atomic mass is 16.1. The van der Waals surface area contributed by atoms with Crippen LogP contribution in [0, 0.1) is 13.8 Å². The summed E-state index contributed by atoms with van der Waals surface area (Å²) in [4.78, 5) is 11.1. The number of aldehydes is 1. The first-order chi connectivity index (χ1) is 9.54.